The molecule has 1 rings (SSSR count). The summed E-state index contributed by atoms with van der Waals surface area (Å²) in [6.07, 6.45) is 1.01. The molecule has 1 atom stereocenters. The Morgan fingerprint density at radius 3 is 2.19 bits per heavy atom. The molecule has 0 aliphatic rings. The van der Waals surface area contributed by atoms with Gasteiger partial charge in [-0.3, -0.25) is 0 Å². The molecule has 92 valence electrons. The smallest absolute Gasteiger partial charge is 0.119 e. The zero-order valence-corrected chi connectivity index (χ0v) is 10.7. The average molecular weight is 245 g/mol. The van der Waals surface area contributed by atoms with Gasteiger partial charge in [-0.25, -0.2) is 0 Å². The third-order valence-corrected chi connectivity index (χ3v) is 2.16. The summed E-state index contributed by atoms with van der Waals surface area (Å²) in [5.41, 5.74) is 12.5. The lowest BCUT2D eigenvalue weighted by Crippen LogP contribution is -2.15. The standard InChI is InChI=1S/C12H20N2O.ClH/c1-9(2)15-11-5-3-10(4-6-11)12(14)7-8-13;/h3-6,9,12H,7-8,13-14H2,1-2H3;1H/t12-;/m0./s1. The quantitative estimate of drug-likeness (QED) is 0.835. The normalized spacial score (nSPS) is 12.1. The molecule has 0 aliphatic carbocycles. The summed E-state index contributed by atoms with van der Waals surface area (Å²) in [6, 6.07) is 7.93. The lowest BCUT2D eigenvalue weighted by atomic mass is 10.0. The fourth-order valence-electron chi connectivity index (χ4n) is 1.41. The molecule has 0 aliphatic heterocycles. The highest BCUT2D eigenvalue weighted by atomic mass is 35.5. The van der Waals surface area contributed by atoms with E-state index in [-0.39, 0.29) is 24.6 Å². The van der Waals surface area contributed by atoms with E-state index in [4.69, 9.17) is 16.2 Å². The number of hydrogen-bond acceptors (Lipinski definition) is 3. The predicted octanol–water partition coefficient (Wildman–Crippen LogP) is 2.24. The summed E-state index contributed by atoms with van der Waals surface area (Å²) in [6.45, 7) is 4.63. The van der Waals surface area contributed by atoms with Crippen molar-refractivity contribution in [3.63, 3.8) is 0 Å². The Balaban J connectivity index is 0.00000225. The molecule has 0 aromatic heterocycles. The van der Waals surface area contributed by atoms with Crippen molar-refractivity contribution in [3.8, 4) is 5.75 Å². The van der Waals surface area contributed by atoms with Gasteiger partial charge in [0.15, 0.2) is 0 Å². The zero-order valence-electron chi connectivity index (χ0n) is 9.85. The van der Waals surface area contributed by atoms with E-state index in [1.807, 2.05) is 38.1 Å². The number of halogens is 1. The maximum absolute atomic E-state index is 5.94. The van der Waals surface area contributed by atoms with Crippen LogP contribution in [0.5, 0.6) is 5.75 Å². The molecular weight excluding hydrogens is 224 g/mol. The maximum Gasteiger partial charge on any atom is 0.119 e. The molecule has 4 N–H and O–H groups in total. The van der Waals surface area contributed by atoms with Crippen LogP contribution in [0.4, 0.5) is 0 Å². The first-order valence-corrected chi connectivity index (χ1v) is 5.35. The van der Waals surface area contributed by atoms with Gasteiger partial charge >= 0.3 is 0 Å². The van der Waals surface area contributed by atoms with Gasteiger partial charge in [0.05, 0.1) is 6.10 Å². The van der Waals surface area contributed by atoms with Crippen LogP contribution in [0.25, 0.3) is 0 Å². The van der Waals surface area contributed by atoms with Gasteiger partial charge in [-0.2, -0.15) is 0 Å². The van der Waals surface area contributed by atoms with Gasteiger partial charge in [0, 0.05) is 6.04 Å². The molecule has 0 amide bonds. The van der Waals surface area contributed by atoms with Gasteiger partial charge in [-0.1, -0.05) is 12.1 Å². The van der Waals surface area contributed by atoms with E-state index in [0.717, 1.165) is 17.7 Å². The Labute approximate surface area is 104 Å². The Hall–Kier alpha value is -0.770. The van der Waals surface area contributed by atoms with Gasteiger partial charge in [-0.05, 0) is 44.5 Å². The summed E-state index contributed by atoms with van der Waals surface area (Å²) >= 11 is 0. The van der Waals surface area contributed by atoms with Crippen LogP contribution >= 0.6 is 12.4 Å². The monoisotopic (exact) mass is 244 g/mol. The van der Waals surface area contributed by atoms with Crippen molar-refractivity contribution in [1.29, 1.82) is 0 Å². The largest absolute Gasteiger partial charge is 0.491 e. The van der Waals surface area contributed by atoms with Crippen LogP contribution in [-0.4, -0.2) is 12.6 Å². The molecule has 0 spiro atoms. The second-order valence-corrected chi connectivity index (χ2v) is 3.92. The van der Waals surface area contributed by atoms with E-state index in [0.29, 0.717) is 6.54 Å². The molecule has 4 heteroatoms. The van der Waals surface area contributed by atoms with Gasteiger partial charge in [0.2, 0.25) is 0 Å². The van der Waals surface area contributed by atoms with Gasteiger partial charge < -0.3 is 16.2 Å². The Morgan fingerprint density at radius 2 is 1.75 bits per heavy atom. The maximum atomic E-state index is 5.94. The molecule has 0 saturated carbocycles. The Bertz CT molecular complexity index is 288. The molecular formula is C12H21ClN2O. The lowest BCUT2D eigenvalue weighted by Gasteiger charge is -2.13. The molecule has 3 nitrogen and oxygen atoms in total. The van der Waals surface area contributed by atoms with Crippen LogP contribution in [0.15, 0.2) is 24.3 Å². The molecule has 0 unspecified atom stereocenters. The highest BCUT2D eigenvalue weighted by Gasteiger charge is 2.05. The first-order valence-electron chi connectivity index (χ1n) is 5.35. The minimum atomic E-state index is 0. The molecule has 0 radical (unpaired) electrons. The van der Waals surface area contributed by atoms with E-state index in [1.165, 1.54) is 0 Å². The summed E-state index contributed by atoms with van der Waals surface area (Å²) in [7, 11) is 0. The van der Waals surface area contributed by atoms with Crippen molar-refractivity contribution in [2.45, 2.75) is 32.4 Å². The molecule has 0 fully saturated rings. The van der Waals surface area contributed by atoms with Gasteiger partial charge in [-0.15, -0.1) is 12.4 Å². The SMILES string of the molecule is CC(C)Oc1ccc([C@@H](N)CCN)cc1.Cl. The summed E-state index contributed by atoms with van der Waals surface area (Å²) < 4.78 is 5.54. The van der Waals surface area contributed by atoms with E-state index in [1.54, 1.807) is 0 Å². The molecule has 1 aromatic rings. The number of benzene rings is 1. The number of hydrogen-bond donors (Lipinski definition) is 2. The zero-order chi connectivity index (χ0) is 11.3. The summed E-state index contributed by atoms with van der Waals surface area (Å²) in [5, 5.41) is 0. The predicted molar refractivity (Wildman–Crippen MR) is 70.1 cm³/mol. The minimum absolute atomic E-state index is 0. The highest BCUT2D eigenvalue weighted by Crippen LogP contribution is 2.18. The van der Waals surface area contributed by atoms with Crippen LogP contribution in [0, 0.1) is 0 Å². The fraction of sp³-hybridized carbons (Fsp3) is 0.500. The van der Waals surface area contributed by atoms with E-state index in [2.05, 4.69) is 0 Å². The van der Waals surface area contributed by atoms with Crippen LogP contribution in [0.3, 0.4) is 0 Å². The van der Waals surface area contributed by atoms with E-state index in [9.17, 15) is 0 Å². The second kappa shape index (κ2) is 7.49. The summed E-state index contributed by atoms with van der Waals surface area (Å²) in [5.74, 6) is 0.883. The van der Waals surface area contributed by atoms with Crippen LogP contribution in [0.1, 0.15) is 31.9 Å². The van der Waals surface area contributed by atoms with Crippen molar-refractivity contribution < 1.29 is 4.74 Å². The minimum Gasteiger partial charge on any atom is -0.491 e. The third-order valence-electron chi connectivity index (χ3n) is 2.16. The van der Waals surface area contributed by atoms with E-state index < -0.39 is 0 Å². The summed E-state index contributed by atoms with van der Waals surface area (Å²) in [4.78, 5) is 0. The topological polar surface area (TPSA) is 61.3 Å². The first-order chi connectivity index (χ1) is 7.13. The fourth-order valence-corrected chi connectivity index (χ4v) is 1.41. The average Bonchev–Trinajstić information content (AvgIpc) is 2.18. The van der Waals surface area contributed by atoms with E-state index >= 15 is 0 Å². The first kappa shape index (κ1) is 15.2. The third kappa shape index (κ3) is 4.84. The van der Waals surface area contributed by atoms with Crippen LogP contribution < -0.4 is 16.2 Å². The van der Waals surface area contributed by atoms with Crippen molar-refractivity contribution >= 4 is 12.4 Å². The molecule has 16 heavy (non-hydrogen) atoms. The van der Waals surface area contributed by atoms with Crippen LogP contribution in [-0.2, 0) is 0 Å². The lowest BCUT2D eigenvalue weighted by molar-refractivity contribution is 0.242. The van der Waals surface area contributed by atoms with Crippen molar-refractivity contribution in [2.75, 3.05) is 6.54 Å². The highest BCUT2D eigenvalue weighted by molar-refractivity contribution is 5.85. The number of nitrogens with two attached hydrogens (primary N) is 2. The Kier molecular flexibility index (Phi) is 7.13. The van der Waals surface area contributed by atoms with Crippen LogP contribution in [0.2, 0.25) is 0 Å². The van der Waals surface area contributed by atoms with Crippen molar-refractivity contribution in [1.82, 2.24) is 0 Å². The van der Waals surface area contributed by atoms with Gasteiger partial charge in [0.1, 0.15) is 5.75 Å². The van der Waals surface area contributed by atoms with Crippen molar-refractivity contribution in [2.24, 2.45) is 11.5 Å². The number of rotatable bonds is 5. The molecule has 1 aromatic carbocycles. The Morgan fingerprint density at radius 1 is 1.19 bits per heavy atom. The molecule has 0 saturated heterocycles. The second-order valence-electron chi connectivity index (χ2n) is 3.92. The van der Waals surface area contributed by atoms with Crippen molar-refractivity contribution in [3.05, 3.63) is 29.8 Å². The van der Waals surface area contributed by atoms with Gasteiger partial charge in [0.25, 0.3) is 0 Å². The number of ether oxygens (including phenoxy) is 1. The molecule has 0 bridgehead atoms. The molecule has 0 heterocycles.